The summed E-state index contributed by atoms with van der Waals surface area (Å²) in [6, 6.07) is 8.06. The number of alkyl halides is 1. The fourth-order valence-electron chi connectivity index (χ4n) is 5.63. The lowest BCUT2D eigenvalue weighted by atomic mass is 9.95. The number of anilines is 1. The molecule has 2 saturated heterocycles. The second-order valence-electron chi connectivity index (χ2n) is 9.95. The number of fused-ring (bicyclic) bond motifs is 1. The van der Waals surface area contributed by atoms with Gasteiger partial charge in [0.05, 0.1) is 11.6 Å². The number of nitrogens with zero attached hydrogens (tertiary/aromatic N) is 4. The molecule has 0 bridgehead atoms. The number of carbonyl (C=O) groups excluding carboxylic acids is 1. The smallest absolute Gasteiger partial charge is 0.231 e. The van der Waals surface area contributed by atoms with Crippen molar-refractivity contribution in [2.45, 2.75) is 50.2 Å². The molecular formula is C26H34ClFN6O. The number of piperazine rings is 1. The highest BCUT2D eigenvalue weighted by Crippen LogP contribution is 2.44. The zero-order chi connectivity index (χ0) is 24.4. The molecule has 0 saturated carbocycles. The van der Waals surface area contributed by atoms with Gasteiger partial charge in [-0.1, -0.05) is 30.7 Å². The fourth-order valence-corrected chi connectivity index (χ4v) is 5.75. The summed E-state index contributed by atoms with van der Waals surface area (Å²) in [4.78, 5) is 26.6. The maximum atomic E-state index is 14.4. The number of piperidine rings is 1. The van der Waals surface area contributed by atoms with Crippen molar-refractivity contribution in [2.75, 3.05) is 50.7 Å². The van der Waals surface area contributed by atoms with Gasteiger partial charge < -0.3 is 20.4 Å². The third-order valence-electron chi connectivity index (χ3n) is 7.65. The number of hydrogen-bond acceptors (Lipinski definition) is 6. The van der Waals surface area contributed by atoms with Gasteiger partial charge in [-0.2, -0.15) is 0 Å². The Morgan fingerprint density at radius 1 is 1.17 bits per heavy atom. The standard InChI is InChI=1S/C26H34ClFN6O/c1-17-14-22(28)24-23(17)25(32-16-31-24)33-10-12-34(13-11-33)26(35)21(18-2-4-19(27)5-3-18)15-30-20-6-8-29-9-7-20/h2-5,16-17,20-22,29-30H,6-15H2,1H3/t17-,21-,22+/m1/s1. The van der Waals surface area contributed by atoms with Gasteiger partial charge in [0.15, 0.2) is 0 Å². The molecule has 1 aromatic heterocycles. The molecule has 188 valence electrons. The van der Waals surface area contributed by atoms with Crippen LogP contribution in [0.4, 0.5) is 10.2 Å². The van der Waals surface area contributed by atoms with Crippen molar-refractivity contribution in [2.24, 2.45) is 0 Å². The van der Waals surface area contributed by atoms with Gasteiger partial charge in [0.25, 0.3) is 0 Å². The van der Waals surface area contributed by atoms with Crippen molar-refractivity contribution in [3.63, 3.8) is 0 Å². The van der Waals surface area contributed by atoms with Gasteiger partial charge in [0.2, 0.25) is 5.91 Å². The number of carbonyl (C=O) groups is 1. The van der Waals surface area contributed by atoms with E-state index in [1.165, 1.54) is 6.33 Å². The van der Waals surface area contributed by atoms with Crippen LogP contribution in [0.1, 0.15) is 61.0 Å². The molecule has 3 atom stereocenters. The van der Waals surface area contributed by atoms with Crippen LogP contribution in [0.15, 0.2) is 30.6 Å². The molecule has 2 aliphatic heterocycles. The molecule has 0 radical (unpaired) electrons. The zero-order valence-corrected chi connectivity index (χ0v) is 21.0. The molecule has 1 amide bonds. The molecule has 0 unspecified atom stereocenters. The monoisotopic (exact) mass is 500 g/mol. The first-order valence-electron chi connectivity index (χ1n) is 12.7. The highest BCUT2D eigenvalue weighted by Gasteiger charge is 2.36. The first-order valence-corrected chi connectivity index (χ1v) is 13.1. The Hall–Kier alpha value is -2.29. The van der Waals surface area contributed by atoms with Gasteiger partial charge in [-0.25, -0.2) is 14.4 Å². The predicted molar refractivity (Wildman–Crippen MR) is 136 cm³/mol. The summed E-state index contributed by atoms with van der Waals surface area (Å²) < 4.78 is 14.4. The summed E-state index contributed by atoms with van der Waals surface area (Å²) in [5, 5.41) is 7.70. The molecule has 1 aliphatic carbocycles. The van der Waals surface area contributed by atoms with Crippen molar-refractivity contribution in [3.8, 4) is 0 Å². The molecule has 2 fully saturated rings. The first kappa shape index (κ1) is 24.4. The largest absolute Gasteiger partial charge is 0.353 e. The van der Waals surface area contributed by atoms with Crippen LogP contribution < -0.4 is 15.5 Å². The van der Waals surface area contributed by atoms with Crippen molar-refractivity contribution in [3.05, 3.63) is 52.4 Å². The summed E-state index contributed by atoms with van der Waals surface area (Å²) >= 11 is 6.12. The minimum Gasteiger partial charge on any atom is -0.353 e. The van der Waals surface area contributed by atoms with Crippen LogP contribution in [0.25, 0.3) is 0 Å². The van der Waals surface area contributed by atoms with Crippen molar-refractivity contribution in [1.29, 1.82) is 0 Å². The molecular weight excluding hydrogens is 467 g/mol. The van der Waals surface area contributed by atoms with Gasteiger partial charge in [-0.3, -0.25) is 4.79 Å². The van der Waals surface area contributed by atoms with Crippen LogP contribution in [0, 0.1) is 0 Å². The maximum Gasteiger partial charge on any atom is 0.231 e. The molecule has 2 aromatic rings. The van der Waals surface area contributed by atoms with Crippen LogP contribution in [-0.4, -0.2) is 72.6 Å². The Morgan fingerprint density at radius 3 is 2.60 bits per heavy atom. The number of amides is 1. The highest BCUT2D eigenvalue weighted by molar-refractivity contribution is 6.30. The maximum absolute atomic E-state index is 14.4. The topological polar surface area (TPSA) is 73.4 Å². The van der Waals surface area contributed by atoms with E-state index in [0.29, 0.717) is 55.9 Å². The second-order valence-corrected chi connectivity index (χ2v) is 10.4. The van der Waals surface area contributed by atoms with Gasteiger partial charge in [0.1, 0.15) is 18.3 Å². The lowest BCUT2D eigenvalue weighted by molar-refractivity contribution is -0.133. The SMILES string of the molecule is C[C@@H]1C[C@H](F)c2ncnc(N3CCN(C(=O)[C@H](CNC4CCNCC4)c4ccc(Cl)cc4)CC3)c21. The Balaban J connectivity index is 1.27. The number of hydrogen-bond donors (Lipinski definition) is 2. The lowest BCUT2D eigenvalue weighted by Gasteiger charge is -2.38. The van der Waals surface area contributed by atoms with Gasteiger partial charge in [-0.15, -0.1) is 0 Å². The van der Waals surface area contributed by atoms with Crippen molar-refractivity contribution < 1.29 is 9.18 Å². The van der Waals surface area contributed by atoms with E-state index in [2.05, 4.69) is 25.5 Å². The van der Waals surface area contributed by atoms with Crippen molar-refractivity contribution in [1.82, 2.24) is 25.5 Å². The van der Waals surface area contributed by atoms with E-state index in [0.717, 1.165) is 42.9 Å². The molecule has 0 spiro atoms. The van der Waals surface area contributed by atoms with Crippen molar-refractivity contribution >= 4 is 23.3 Å². The molecule has 3 heterocycles. The summed E-state index contributed by atoms with van der Waals surface area (Å²) in [5.41, 5.74) is 2.46. The molecule has 7 nitrogen and oxygen atoms in total. The van der Waals surface area contributed by atoms with E-state index in [1.54, 1.807) is 0 Å². The van der Waals surface area contributed by atoms with E-state index in [4.69, 9.17) is 11.6 Å². The van der Waals surface area contributed by atoms with Gasteiger partial charge in [-0.05, 0) is 56.0 Å². The second kappa shape index (κ2) is 10.8. The average Bonchev–Trinajstić information content (AvgIpc) is 3.19. The van der Waals surface area contributed by atoms with Crippen LogP contribution in [-0.2, 0) is 4.79 Å². The molecule has 9 heteroatoms. The average molecular weight is 501 g/mol. The van der Waals surface area contributed by atoms with E-state index in [1.807, 2.05) is 36.1 Å². The number of aromatic nitrogens is 2. The summed E-state index contributed by atoms with van der Waals surface area (Å²) in [6.45, 7) is 7.24. The molecule has 35 heavy (non-hydrogen) atoms. The predicted octanol–water partition coefficient (Wildman–Crippen LogP) is 3.42. The summed E-state index contributed by atoms with van der Waals surface area (Å²) in [5.74, 6) is 0.811. The van der Waals surface area contributed by atoms with E-state index >= 15 is 0 Å². The van der Waals surface area contributed by atoms with Crippen LogP contribution in [0.5, 0.6) is 0 Å². The molecule has 3 aliphatic rings. The summed E-state index contributed by atoms with van der Waals surface area (Å²) in [7, 11) is 0. The van der Waals surface area contributed by atoms with Crippen LogP contribution >= 0.6 is 11.6 Å². The van der Waals surface area contributed by atoms with Crippen LogP contribution in [0.3, 0.4) is 0 Å². The van der Waals surface area contributed by atoms with Crippen LogP contribution in [0.2, 0.25) is 5.02 Å². The Kier molecular flexibility index (Phi) is 7.51. The number of benzene rings is 1. The number of nitrogens with one attached hydrogen (secondary N) is 2. The molecule has 5 rings (SSSR count). The minimum atomic E-state index is -1.02. The lowest BCUT2D eigenvalue weighted by Crippen LogP contribution is -2.52. The van der Waals surface area contributed by atoms with E-state index in [9.17, 15) is 9.18 Å². The van der Waals surface area contributed by atoms with E-state index in [-0.39, 0.29) is 17.7 Å². The zero-order valence-electron chi connectivity index (χ0n) is 20.2. The third kappa shape index (κ3) is 5.29. The minimum absolute atomic E-state index is 0.103. The van der Waals surface area contributed by atoms with E-state index < -0.39 is 6.17 Å². The number of halogens is 2. The molecule has 1 aromatic carbocycles. The summed E-state index contributed by atoms with van der Waals surface area (Å²) in [6.07, 6.45) is 3.06. The quantitative estimate of drug-likeness (QED) is 0.633. The first-order chi connectivity index (χ1) is 17.0. The fraction of sp³-hybridized carbons (Fsp3) is 0.577. The molecule has 2 N–H and O–H groups in total. The van der Waals surface area contributed by atoms with Gasteiger partial charge >= 0.3 is 0 Å². The third-order valence-corrected chi connectivity index (χ3v) is 7.91. The normalized spacial score (nSPS) is 23.9. The Morgan fingerprint density at radius 2 is 1.89 bits per heavy atom. The van der Waals surface area contributed by atoms with Gasteiger partial charge in [0, 0.05) is 49.4 Å². The Labute approximate surface area is 211 Å². The number of rotatable bonds is 6. The highest BCUT2D eigenvalue weighted by atomic mass is 35.5. The Bertz CT molecular complexity index is 1020.